The van der Waals surface area contributed by atoms with Crippen LogP contribution in [0.4, 0.5) is 0 Å². The van der Waals surface area contributed by atoms with Crippen LogP contribution in [-0.4, -0.2) is 78.1 Å². The molecule has 10 nitrogen and oxygen atoms in total. The van der Waals surface area contributed by atoms with Crippen LogP contribution in [0.5, 0.6) is 0 Å². The van der Waals surface area contributed by atoms with E-state index in [1.807, 2.05) is 13.8 Å². The molecule has 1 heterocycles. The number of carbonyl (C=O) groups is 4. The first-order chi connectivity index (χ1) is 20.1. The second-order valence-electron chi connectivity index (χ2n) is 13.4. The van der Waals surface area contributed by atoms with Crippen molar-refractivity contribution in [2.75, 3.05) is 13.7 Å². The number of ether oxygens (including phenoxy) is 5. The number of aliphatic hydroxyl groups is 1. The minimum atomic E-state index is -1.87. The normalized spacial score (nSPS) is 39.7. The van der Waals surface area contributed by atoms with Crippen molar-refractivity contribution >= 4 is 23.7 Å². The molecule has 2 saturated carbocycles. The molecule has 1 N–H and O–H groups in total. The molecule has 3 fully saturated rings. The first-order valence-corrected chi connectivity index (χ1v) is 14.8. The standard InChI is InChI=1S/C33H42O10/c1-17-14-23-32(16-40-23,43-20(4)35)26-28(42-29(37)21-12-10-9-11-13-21)33(38)15-22(39-8)18(2)24(30(33,5)6)25(41-19(3)34)27(36)31(17,26)7/h9-13,17,22-23,25-26,28,38H,14-16H2,1-8H3/t17-,22-,23+,25+,26?,28?,31+,32-,33+/m0/s1. The van der Waals surface area contributed by atoms with Crippen molar-refractivity contribution in [2.24, 2.45) is 22.7 Å². The number of hydrogen-bond acceptors (Lipinski definition) is 10. The SMILES string of the molecule is CO[C@H]1C[C@@]2(O)C(OC(=O)c3ccccc3)C3[C@](C)(C(=O)[C@H](OC(C)=O)C(=C1C)C2(C)C)[C@@H](C)C[C@H]1OC[C@@]31OC(C)=O. The number of benzene rings is 1. The molecule has 0 spiro atoms. The summed E-state index contributed by atoms with van der Waals surface area (Å²) in [7, 11) is 1.49. The first kappa shape index (κ1) is 31.3. The monoisotopic (exact) mass is 598 g/mol. The number of rotatable bonds is 5. The highest BCUT2D eigenvalue weighted by molar-refractivity contribution is 5.95. The molecule has 1 aromatic carbocycles. The van der Waals surface area contributed by atoms with Crippen LogP contribution in [0.25, 0.3) is 0 Å². The zero-order valence-electron chi connectivity index (χ0n) is 26.1. The van der Waals surface area contributed by atoms with E-state index in [2.05, 4.69) is 0 Å². The molecule has 2 unspecified atom stereocenters. The van der Waals surface area contributed by atoms with Crippen LogP contribution in [0.2, 0.25) is 0 Å². The van der Waals surface area contributed by atoms with Crippen molar-refractivity contribution in [3.05, 3.63) is 47.0 Å². The van der Waals surface area contributed by atoms with Crippen LogP contribution in [0, 0.1) is 22.7 Å². The highest BCUT2D eigenvalue weighted by Crippen LogP contribution is 2.65. The number of ketones is 1. The average Bonchev–Trinajstić information content (AvgIpc) is 2.93. The second-order valence-corrected chi connectivity index (χ2v) is 13.4. The van der Waals surface area contributed by atoms with Gasteiger partial charge in [-0.15, -0.1) is 0 Å². The van der Waals surface area contributed by atoms with Crippen molar-refractivity contribution < 1.29 is 48.0 Å². The Morgan fingerprint density at radius 1 is 1.02 bits per heavy atom. The summed E-state index contributed by atoms with van der Waals surface area (Å²) in [6.07, 6.45) is -3.66. The smallest absolute Gasteiger partial charge is 0.338 e. The lowest BCUT2D eigenvalue weighted by Gasteiger charge is -2.68. The molecule has 1 aliphatic heterocycles. The third-order valence-electron chi connectivity index (χ3n) is 10.9. The topological polar surface area (TPSA) is 135 Å². The van der Waals surface area contributed by atoms with Crippen LogP contribution < -0.4 is 0 Å². The number of hydrogen-bond donors (Lipinski definition) is 1. The zero-order valence-corrected chi connectivity index (χ0v) is 26.1. The van der Waals surface area contributed by atoms with Crippen LogP contribution in [-0.2, 0) is 38.1 Å². The predicted octanol–water partition coefficient (Wildman–Crippen LogP) is 3.58. The van der Waals surface area contributed by atoms with Gasteiger partial charge in [-0.05, 0) is 42.5 Å². The molecule has 43 heavy (non-hydrogen) atoms. The summed E-state index contributed by atoms with van der Waals surface area (Å²) in [6.45, 7) is 11.4. The predicted molar refractivity (Wildman–Crippen MR) is 153 cm³/mol. The third kappa shape index (κ3) is 4.39. The fourth-order valence-corrected chi connectivity index (χ4v) is 8.44. The van der Waals surface area contributed by atoms with Crippen LogP contribution in [0.15, 0.2) is 41.5 Å². The van der Waals surface area contributed by atoms with Crippen molar-refractivity contribution in [2.45, 2.75) is 96.9 Å². The molecule has 0 amide bonds. The molecule has 4 aliphatic rings. The minimum Gasteiger partial charge on any atom is -0.455 e. The van der Waals surface area contributed by atoms with Gasteiger partial charge in [-0.2, -0.15) is 0 Å². The van der Waals surface area contributed by atoms with Gasteiger partial charge in [-0.3, -0.25) is 14.4 Å². The molecule has 10 heteroatoms. The number of esters is 3. The fourth-order valence-electron chi connectivity index (χ4n) is 8.44. The molecule has 234 valence electrons. The molecule has 1 aromatic rings. The number of Topliss-reactive ketones (excluding diaryl/α,β-unsaturated/α-hetero) is 1. The summed E-state index contributed by atoms with van der Waals surface area (Å²) >= 11 is 0. The van der Waals surface area contributed by atoms with Crippen molar-refractivity contribution in [1.29, 1.82) is 0 Å². The largest absolute Gasteiger partial charge is 0.455 e. The molecule has 9 atom stereocenters. The van der Waals surface area contributed by atoms with Gasteiger partial charge in [0, 0.05) is 38.2 Å². The summed E-state index contributed by atoms with van der Waals surface area (Å²) in [5.74, 6) is -3.83. The molecule has 2 bridgehead atoms. The van der Waals surface area contributed by atoms with E-state index in [0.717, 1.165) is 0 Å². The van der Waals surface area contributed by atoms with Gasteiger partial charge >= 0.3 is 17.9 Å². The highest BCUT2D eigenvalue weighted by Gasteiger charge is 2.77. The van der Waals surface area contributed by atoms with E-state index < -0.39 is 82.0 Å². The Bertz CT molecular complexity index is 1370. The van der Waals surface area contributed by atoms with Gasteiger partial charge in [-0.25, -0.2) is 4.79 Å². The number of carbonyl (C=O) groups excluding carboxylic acids is 4. The van der Waals surface area contributed by atoms with Gasteiger partial charge in [0.2, 0.25) is 0 Å². The Labute approximate surface area is 252 Å². The zero-order chi connectivity index (χ0) is 31.7. The first-order valence-electron chi connectivity index (χ1n) is 14.8. The Morgan fingerprint density at radius 2 is 1.67 bits per heavy atom. The maximum absolute atomic E-state index is 15.1. The van der Waals surface area contributed by atoms with Crippen LogP contribution >= 0.6 is 0 Å². The molecule has 0 aromatic heterocycles. The van der Waals surface area contributed by atoms with Crippen molar-refractivity contribution in [1.82, 2.24) is 0 Å². The van der Waals surface area contributed by atoms with E-state index in [1.165, 1.54) is 21.0 Å². The third-order valence-corrected chi connectivity index (χ3v) is 10.9. The number of methoxy groups -OCH3 is 1. The second kappa shape index (κ2) is 10.5. The van der Waals surface area contributed by atoms with Gasteiger partial charge in [0.05, 0.1) is 24.2 Å². The Balaban J connectivity index is 1.85. The molecule has 1 saturated heterocycles. The van der Waals surface area contributed by atoms with E-state index in [0.29, 0.717) is 17.6 Å². The fraction of sp³-hybridized carbons (Fsp3) is 0.636. The maximum atomic E-state index is 15.1. The summed E-state index contributed by atoms with van der Waals surface area (Å²) in [4.78, 5) is 54.2. The van der Waals surface area contributed by atoms with Gasteiger partial charge in [0.25, 0.3) is 0 Å². The summed E-state index contributed by atoms with van der Waals surface area (Å²) in [5.41, 5.74) is -4.61. The molecular weight excluding hydrogens is 556 g/mol. The van der Waals surface area contributed by atoms with E-state index in [1.54, 1.807) is 51.1 Å². The molecule has 0 radical (unpaired) electrons. The molecule has 5 rings (SSSR count). The maximum Gasteiger partial charge on any atom is 0.338 e. The quantitative estimate of drug-likeness (QED) is 0.304. The summed E-state index contributed by atoms with van der Waals surface area (Å²) < 4.78 is 30.1. The Morgan fingerprint density at radius 3 is 2.21 bits per heavy atom. The van der Waals surface area contributed by atoms with E-state index >= 15 is 4.79 Å². The van der Waals surface area contributed by atoms with Crippen molar-refractivity contribution in [3.63, 3.8) is 0 Å². The van der Waals surface area contributed by atoms with Gasteiger partial charge in [0.15, 0.2) is 17.5 Å². The van der Waals surface area contributed by atoms with Gasteiger partial charge in [-0.1, -0.05) is 45.9 Å². The molecule has 3 aliphatic carbocycles. The average molecular weight is 599 g/mol. The lowest BCUT2D eigenvalue weighted by Crippen LogP contribution is -2.80. The van der Waals surface area contributed by atoms with Crippen molar-refractivity contribution in [3.8, 4) is 0 Å². The molecular formula is C33H42O10. The minimum absolute atomic E-state index is 0.00217. The van der Waals surface area contributed by atoms with Crippen LogP contribution in [0.3, 0.4) is 0 Å². The van der Waals surface area contributed by atoms with E-state index in [4.69, 9.17) is 23.7 Å². The lowest BCUT2D eigenvalue weighted by molar-refractivity contribution is -0.340. The van der Waals surface area contributed by atoms with Gasteiger partial charge < -0.3 is 28.8 Å². The number of fused-ring (bicyclic) bond motifs is 5. The Hall–Kier alpha value is -3.08. The van der Waals surface area contributed by atoms with Crippen LogP contribution in [0.1, 0.15) is 71.7 Å². The van der Waals surface area contributed by atoms with E-state index in [-0.39, 0.29) is 18.6 Å². The highest BCUT2D eigenvalue weighted by atomic mass is 16.6. The lowest BCUT2D eigenvalue weighted by atomic mass is 9.43. The van der Waals surface area contributed by atoms with E-state index in [9.17, 15) is 19.5 Å². The van der Waals surface area contributed by atoms with Gasteiger partial charge in [0.1, 0.15) is 17.8 Å². The summed E-state index contributed by atoms with van der Waals surface area (Å²) in [5, 5.41) is 13.1. The summed E-state index contributed by atoms with van der Waals surface area (Å²) in [6, 6.07) is 8.39. The Kier molecular flexibility index (Phi) is 7.67.